The van der Waals surface area contributed by atoms with Gasteiger partial charge < -0.3 is 14.8 Å². The lowest BCUT2D eigenvalue weighted by Gasteiger charge is -2.21. The van der Waals surface area contributed by atoms with Crippen LogP contribution in [0.4, 0.5) is 0 Å². The molecule has 21 heavy (non-hydrogen) atoms. The third-order valence-corrected chi connectivity index (χ3v) is 3.42. The van der Waals surface area contributed by atoms with Gasteiger partial charge in [-0.1, -0.05) is 38.1 Å². The predicted octanol–water partition coefficient (Wildman–Crippen LogP) is 3.93. The minimum Gasteiger partial charge on any atom is -0.352 e. The van der Waals surface area contributed by atoms with Gasteiger partial charge in [0.05, 0.1) is 0 Å². The molecule has 1 aromatic carbocycles. The summed E-state index contributed by atoms with van der Waals surface area (Å²) in [5, 5.41) is 3.48. The van der Waals surface area contributed by atoms with Crippen molar-refractivity contribution in [2.45, 2.75) is 53.4 Å². The first-order valence-corrected chi connectivity index (χ1v) is 8.12. The van der Waals surface area contributed by atoms with Crippen molar-refractivity contribution >= 4 is 0 Å². The van der Waals surface area contributed by atoms with Gasteiger partial charge in [-0.15, -0.1) is 0 Å². The Morgan fingerprint density at radius 2 is 1.52 bits per heavy atom. The van der Waals surface area contributed by atoms with Crippen LogP contribution in [0.25, 0.3) is 0 Å². The quantitative estimate of drug-likeness (QED) is 0.663. The van der Waals surface area contributed by atoms with E-state index in [4.69, 9.17) is 9.47 Å². The van der Waals surface area contributed by atoms with E-state index in [2.05, 4.69) is 50.4 Å². The molecule has 3 heteroatoms. The molecule has 0 aromatic heterocycles. The van der Waals surface area contributed by atoms with Crippen molar-refractivity contribution in [1.29, 1.82) is 0 Å². The molecule has 1 rings (SSSR count). The van der Waals surface area contributed by atoms with Crippen molar-refractivity contribution < 1.29 is 9.47 Å². The Bertz CT molecular complexity index is 369. The van der Waals surface area contributed by atoms with Gasteiger partial charge in [0.25, 0.3) is 0 Å². The predicted molar refractivity (Wildman–Crippen MR) is 88.4 cm³/mol. The molecule has 0 saturated carbocycles. The second-order valence-corrected chi connectivity index (χ2v) is 5.81. The lowest BCUT2D eigenvalue weighted by molar-refractivity contribution is -0.133. The highest BCUT2D eigenvalue weighted by molar-refractivity contribution is 5.25. The molecular weight excluding hydrogens is 262 g/mol. The Labute approximate surface area is 130 Å². The Morgan fingerprint density at radius 1 is 0.952 bits per heavy atom. The maximum Gasteiger partial charge on any atom is 0.169 e. The maximum atomic E-state index is 5.55. The van der Waals surface area contributed by atoms with E-state index in [1.54, 1.807) is 0 Å². The molecule has 0 radical (unpaired) electrons. The topological polar surface area (TPSA) is 30.5 Å². The summed E-state index contributed by atoms with van der Waals surface area (Å²) >= 11 is 0. The molecule has 0 aliphatic carbocycles. The summed E-state index contributed by atoms with van der Waals surface area (Å²) in [6, 6.07) is 9.19. The van der Waals surface area contributed by atoms with Crippen LogP contribution in [0.1, 0.15) is 51.8 Å². The van der Waals surface area contributed by atoms with Crippen molar-refractivity contribution in [3.8, 4) is 0 Å². The highest BCUT2D eigenvalue weighted by atomic mass is 16.7. The van der Waals surface area contributed by atoms with E-state index in [0.717, 1.165) is 6.42 Å². The minimum absolute atomic E-state index is 0.164. The zero-order chi connectivity index (χ0) is 15.7. The average molecular weight is 293 g/mol. The van der Waals surface area contributed by atoms with Crippen molar-refractivity contribution in [1.82, 2.24) is 5.32 Å². The summed E-state index contributed by atoms with van der Waals surface area (Å²) in [5.41, 5.74) is 2.71. The smallest absolute Gasteiger partial charge is 0.169 e. The van der Waals surface area contributed by atoms with Crippen LogP contribution in [0.2, 0.25) is 0 Å². The highest BCUT2D eigenvalue weighted by Gasteiger charge is 2.11. The van der Waals surface area contributed by atoms with Gasteiger partial charge in [-0.05, 0) is 44.2 Å². The third-order valence-electron chi connectivity index (χ3n) is 3.42. The van der Waals surface area contributed by atoms with E-state index in [9.17, 15) is 0 Å². The van der Waals surface area contributed by atoms with Crippen LogP contribution in [0, 0.1) is 5.92 Å². The van der Waals surface area contributed by atoms with Crippen molar-refractivity contribution in [2.24, 2.45) is 5.92 Å². The summed E-state index contributed by atoms with van der Waals surface area (Å²) in [7, 11) is 0. The number of ether oxygens (including phenoxy) is 2. The molecule has 3 nitrogen and oxygen atoms in total. The largest absolute Gasteiger partial charge is 0.352 e. The molecule has 1 N–H and O–H groups in total. The number of hydrogen-bond acceptors (Lipinski definition) is 3. The van der Waals surface area contributed by atoms with Gasteiger partial charge in [0.2, 0.25) is 0 Å². The number of nitrogens with one attached hydrogen (secondary N) is 1. The first-order valence-electron chi connectivity index (χ1n) is 8.12. The number of rotatable bonds is 10. The van der Waals surface area contributed by atoms with Crippen molar-refractivity contribution in [2.75, 3.05) is 19.8 Å². The molecule has 0 bridgehead atoms. The van der Waals surface area contributed by atoms with Crippen LogP contribution in [0.5, 0.6) is 0 Å². The van der Waals surface area contributed by atoms with Crippen molar-refractivity contribution in [3.05, 3.63) is 35.4 Å². The average Bonchev–Trinajstić information content (AvgIpc) is 2.45. The normalized spacial score (nSPS) is 13.1. The standard InChI is InChI=1S/C18H31NO2/c1-6-20-18(21-7-2)13-19-15(5)17-10-8-16(9-11-17)12-14(3)4/h8-11,14-15,18-19H,6-7,12-13H2,1-5H3. The molecule has 0 fully saturated rings. The maximum absolute atomic E-state index is 5.55. The number of benzene rings is 1. The van der Waals surface area contributed by atoms with E-state index in [-0.39, 0.29) is 6.29 Å². The van der Waals surface area contributed by atoms with Gasteiger partial charge in [0, 0.05) is 25.8 Å². The minimum atomic E-state index is -0.164. The van der Waals surface area contributed by atoms with Crippen LogP contribution in [-0.4, -0.2) is 26.0 Å². The fourth-order valence-electron chi connectivity index (χ4n) is 2.34. The summed E-state index contributed by atoms with van der Waals surface area (Å²) in [5.74, 6) is 0.699. The molecule has 0 heterocycles. The van der Waals surface area contributed by atoms with E-state index >= 15 is 0 Å². The zero-order valence-corrected chi connectivity index (χ0v) is 14.2. The lowest BCUT2D eigenvalue weighted by Crippen LogP contribution is -2.33. The second kappa shape index (κ2) is 9.93. The molecule has 0 spiro atoms. The summed E-state index contributed by atoms with van der Waals surface area (Å²) < 4.78 is 11.1. The fourth-order valence-corrected chi connectivity index (χ4v) is 2.34. The molecule has 1 atom stereocenters. The SMILES string of the molecule is CCOC(CNC(C)c1ccc(CC(C)C)cc1)OCC. The van der Waals surface area contributed by atoms with Gasteiger partial charge in [-0.2, -0.15) is 0 Å². The first-order chi connectivity index (χ1) is 10.1. The zero-order valence-electron chi connectivity index (χ0n) is 14.2. The van der Waals surface area contributed by atoms with Crippen LogP contribution in [0.15, 0.2) is 24.3 Å². The van der Waals surface area contributed by atoms with Gasteiger partial charge in [-0.3, -0.25) is 0 Å². The molecule has 0 aliphatic rings. The highest BCUT2D eigenvalue weighted by Crippen LogP contribution is 2.15. The monoisotopic (exact) mass is 293 g/mol. The van der Waals surface area contributed by atoms with Crippen LogP contribution in [-0.2, 0) is 15.9 Å². The van der Waals surface area contributed by atoms with Gasteiger partial charge in [0.15, 0.2) is 6.29 Å². The molecular formula is C18H31NO2. The third kappa shape index (κ3) is 7.07. The number of hydrogen-bond donors (Lipinski definition) is 1. The van der Waals surface area contributed by atoms with Gasteiger partial charge >= 0.3 is 0 Å². The molecule has 0 aliphatic heterocycles. The van der Waals surface area contributed by atoms with Crippen LogP contribution < -0.4 is 5.32 Å². The molecule has 120 valence electrons. The molecule has 1 unspecified atom stereocenters. The van der Waals surface area contributed by atoms with Crippen LogP contribution in [0.3, 0.4) is 0 Å². The summed E-state index contributed by atoms with van der Waals surface area (Å²) in [6.45, 7) is 12.7. The summed E-state index contributed by atoms with van der Waals surface area (Å²) in [4.78, 5) is 0. The van der Waals surface area contributed by atoms with E-state index in [1.165, 1.54) is 11.1 Å². The Balaban J connectivity index is 2.48. The Hall–Kier alpha value is -0.900. The summed E-state index contributed by atoms with van der Waals surface area (Å²) in [6.07, 6.45) is 0.974. The lowest BCUT2D eigenvalue weighted by atomic mass is 10.00. The van der Waals surface area contributed by atoms with Crippen molar-refractivity contribution in [3.63, 3.8) is 0 Å². The van der Waals surface area contributed by atoms with E-state index in [0.29, 0.717) is 31.7 Å². The van der Waals surface area contributed by atoms with Gasteiger partial charge in [0.1, 0.15) is 0 Å². The molecule has 0 saturated heterocycles. The fraction of sp³-hybridized carbons (Fsp3) is 0.667. The molecule has 1 aromatic rings. The Morgan fingerprint density at radius 3 is 2.00 bits per heavy atom. The van der Waals surface area contributed by atoms with Crippen LogP contribution >= 0.6 is 0 Å². The van der Waals surface area contributed by atoms with E-state index in [1.807, 2.05) is 13.8 Å². The Kier molecular flexibility index (Phi) is 8.58. The van der Waals surface area contributed by atoms with Gasteiger partial charge in [-0.25, -0.2) is 0 Å². The van der Waals surface area contributed by atoms with E-state index < -0.39 is 0 Å². The second-order valence-electron chi connectivity index (χ2n) is 5.81. The first kappa shape index (κ1) is 18.1. The molecule has 0 amide bonds.